The number of nitrogens with zero attached hydrogens (tertiary/aromatic N) is 3. The molecule has 7 heteroatoms. The Morgan fingerprint density at radius 1 is 1.28 bits per heavy atom. The van der Waals surface area contributed by atoms with Gasteiger partial charge in [0, 0.05) is 19.6 Å². The van der Waals surface area contributed by atoms with Crippen molar-refractivity contribution >= 4 is 18.7 Å². The van der Waals surface area contributed by atoms with Gasteiger partial charge in [-0.2, -0.15) is 0 Å². The van der Waals surface area contributed by atoms with Gasteiger partial charge in [-0.05, 0) is 24.3 Å². The monoisotopic (exact) mass is 361 g/mol. The van der Waals surface area contributed by atoms with E-state index in [4.69, 9.17) is 4.74 Å². The lowest BCUT2D eigenvalue weighted by Crippen LogP contribution is -2.39. The van der Waals surface area contributed by atoms with Crippen molar-refractivity contribution in [2.45, 2.75) is 37.8 Å². The molecule has 0 saturated carbocycles. The number of hydrogen-bond acceptors (Lipinski definition) is 5. The van der Waals surface area contributed by atoms with E-state index >= 15 is 0 Å². The van der Waals surface area contributed by atoms with Crippen molar-refractivity contribution in [1.82, 2.24) is 14.5 Å². The first kappa shape index (κ1) is 17.8. The molecule has 1 aromatic carbocycles. The minimum Gasteiger partial charge on any atom is -0.445 e. The Hall–Kier alpha value is -1.99. The quantitative estimate of drug-likeness (QED) is 0.804. The number of carbonyl (C=O) groups excluding carboxylic acids is 1. The van der Waals surface area contributed by atoms with Gasteiger partial charge in [0.15, 0.2) is 5.16 Å². The molecule has 0 spiro atoms. The molecule has 6 nitrogen and oxygen atoms in total. The number of imidazole rings is 1. The molecule has 3 rings (SSSR count). The zero-order valence-corrected chi connectivity index (χ0v) is 14.9. The molecule has 134 valence electrons. The van der Waals surface area contributed by atoms with Crippen LogP contribution in [0.5, 0.6) is 0 Å². The van der Waals surface area contributed by atoms with Crippen LogP contribution in [0.15, 0.2) is 41.7 Å². The van der Waals surface area contributed by atoms with E-state index in [-0.39, 0.29) is 12.7 Å². The third-order valence-electron chi connectivity index (χ3n) is 4.60. The molecule has 0 aliphatic carbocycles. The second kappa shape index (κ2) is 8.40. The summed E-state index contributed by atoms with van der Waals surface area (Å²) in [7, 11) is 0. The highest BCUT2D eigenvalue weighted by atomic mass is 32.1. The maximum Gasteiger partial charge on any atom is 0.410 e. The molecule has 2 heterocycles. The fourth-order valence-corrected chi connectivity index (χ4v) is 3.36. The van der Waals surface area contributed by atoms with E-state index in [0.717, 1.165) is 30.6 Å². The lowest BCUT2D eigenvalue weighted by molar-refractivity contribution is 0.0802. The minimum atomic E-state index is -0.254. The van der Waals surface area contributed by atoms with E-state index in [0.29, 0.717) is 30.8 Å². The summed E-state index contributed by atoms with van der Waals surface area (Å²) in [6, 6.07) is 9.69. The number of likely N-dealkylation sites (tertiary alicyclic amines) is 1. The average molecular weight is 361 g/mol. The SMILES string of the molecule is O=C(OCc1ccccc1)N1CCC(Cn2c(CO)cnc2S)CC1. The topological polar surface area (TPSA) is 67.6 Å². The molecule has 2 aromatic rings. The molecular formula is C18H23N3O3S. The molecule has 1 saturated heterocycles. The van der Waals surface area contributed by atoms with Crippen LogP contribution in [0.3, 0.4) is 0 Å². The molecule has 1 aromatic heterocycles. The van der Waals surface area contributed by atoms with E-state index in [2.05, 4.69) is 17.6 Å². The van der Waals surface area contributed by atoms with E-state index in [9.17, 15) is 9.90 Å². The van der Waals surface area contributed by atoms with E-state index < -0.39 is 0 Å². The van der Waals surface area contributed by atoms with Gasteiger partial charge in [-0.25, -0.2) is 9.78 Å². The van der Waals surface area contributed by atoms with Crippen LogP contribution in [0.4, 0.5) is 4.79 Å². The Kier molecular flexibility index (Phi) is 5.99. The van der Waals surface area contributed by atoms with Gasteiger partial charge in [0.05, 0.1) is 18.5 Å². The molecule has 25 heavy (non-hydrogen) atoms. The first-order chi connectivity index (χ1) is 12.2. The van der Waals surface area contributed by atoms with Crippen LogP contribution in [0.25, 0.3) is 0 Å². The number of ether oxygens (including phenoxy) is 1. The van der Waals surface area contributed by atoms with Gasteiger partial charge in [0.1, 0.15) is 6.61 Å². The number of amides is 1. The van der Waals surface area contributed by atoms with Gasteiger partial charge in [-0.1, -0.05) is 30.3 Å². The maximum absolute atomic E-state index is 12.2. The van der Waals surface area contributed by atoms with Gasteiger partial charge in [0.25, 0.3) is 0 Å². The number of thiol groups is 1. The Balaban J connectivity index is 1.46. The van der Waals surface area contributed by atoms with Gasteiger partial charge in [0.2, 0.25) is 0 Å². The number of rotatable bonds is 5. The van der Waals surface area contributed by atoms with Crippen LogP contribution >= 0.6 is 12.6 Å². The third kappa shape index (κ3) is 4.55. The van der Waals surface area contributed by atoms with Crippen LogP contribution in [0.2, 0.25) is 0 Å². The van der Waals surface area contributed by atoms with Crippen molar-refractivity contribution in [3.05, 3.63) is 47.8 Å². The predicted octanol–water partition coefficient (Wildman–Crippen LogP) is 2.71. The van der Waals surface area contributed by atoms with Crippen molar-refractivity contribution in [1.29, 1.82) is 0 Å². The van der Waals surface area contributed by atoms with Gasteiger partial charge in [-0.3, -0.25) is 0 Å². The smallest absolute Gasteiger partial charge is 0.410 e. The molecule has 0 atom stereocenters. The molecule has 1 fully saturated rings. The second-order valence-electron chi connectivity index (χ2n) is 6.29. The molecule has 0 unspecified atom stereocenters. The van der Waals surface area contributed by atoms with Crippen molar-refractivity contribution in [3.8, 4) is 0 Å². The maximum atomic E-state index is 12.2. The average Bonchev–Trinajstić information content (AvgIpc) is 3.01. The van der Waals surface area contributed by atoms with Crippen LogP contribution < -0.4 is 0 Å². The minimum absolute atomic E-state index is 0.0434. The van der Waals surface area contributed by atoms with Crippen LogP contribution in [0.1, 0.15) is 24.1 Å². The van der Waals surface area contributed by atoms with Gasteiger partial charge >= 0.3 is 6.09 Å². The largest absolute Gasteiger partial charge is 0.445 e. The fourth-order valence-electron chi connectivity index (χ4n) is 3.09. The predicted molar refractivity (Wildman–Crippen MR) is 96.3 cm³/mol. The highest BCUT2D eigenvalue weighted by molar-refractivity contribution is 7.80. The molecule has 1 amide bonds. The summed E-state index contributed by atoms with van der Waals surface area (Å²) in [5.41, 5.74) is 1.76. The van der Waals surface area contributed by atoms with Crippen LogP contribution in [0, 0.1) is 5.92 Å². The number of piperidine rings is 1. The zero-order valence-electron chi connectivity index (χ0n) is 14.0. The molecule has 1 aliphatic rings. The lowest BCUT2D eigenvalue weighted by atomic mass is 9.97. The summed E-state index contributed by atoms with van der Waals surface area (Å²) in [5.74, 6) is 0.434. The Labute approximate surface area is 152 Å². The summed E-state index contributed by atoms with van der Waals surface area (Å²) in [4.78, 5) is 18.1. The molecular weight excluding hydrogens is 338 g/mol. The van der Waals surface area contributed by atoms with E-state index in [1.54, 1.807) is 11.1 Å². The third-order valence-corrected chi connectivity index (χ3v) is 4.95. The number of aromatic nitrogens is 2. The molecule has 0 radical (unpaired) electrons. The molecule has 1 N–H and O–H groups in total. The highest BCUT2D eigenvalue weighted by Gasteiger charge is 2.25. The highest BCUT2D eigenvalue weighted by Crippen LogP contribution is 2.22. The standard InChI is InChI=1S/C18H23N3O3S/c22-12-16-10-19-17(25)21(16)11-14-6-8-20(9-7-14)18(23)24-13-15-4-2-1-3-5-15/h1-5,10,14,22H,6-9,11-13H2,(H,19,25). The van der Waals surface area contributed by atoms with Crippen molar-refractivity contribution < 1.29 is 14.6 Å². The first-order valence-electron chi connectivity index (χ1n) is 8.47. The number of benzene rings is 1. The molecule has 1 aliphatic heterocycles. The van der Waals surface area contributed by atoms with Crippen molar-refractivity contribution in [2.24, 2.45) is 5.92 Å². The Morgan fingerprint density at radius 3 is 2.68 bits per heavy atom. The summed E-state index contributed by atoms with van der Waals surface area (Å²) < 4.78 is 7.33. The van der Waals surface area contributed by atoms with E-state index in [1.807, 2.05) is 34.9 Å². The normalized spacial score (nSPS) is 15.4. The Bertz CT molecular complexity index is 697. The summed E-state index contributed by atoms with van der Waals surface area (Å²) in [6.07, 6.45) is 3.20. The van der Waals surface area contributed by atoms with Gasteiger partial charge in [-0.15, -0.1) is 12.6 Å². The fraction of sp³-hybridized carbons (Fsp3) is 0.444. The molecule has 0 bridgehead atoms. The van der Waals surface area contributed by atoms with Crippen LogP contribution in [-0.2, 0) is 24.5 Å². The number of aliphatic hydroxyl groups excluding tert-OH is 1. The lowest BCUT2D eigenvalue weighted by Gasteiger charge is -2.31. The first-order valence-corrected chi connectivity index (χ1v) is 8.92. The summed E-state index contributed by atoms with van der Waals surface area (Å²) in [6.45, 7) is 2.39. The van der Waals surface area contributed by atoms with E-state index in [1.165, 1.54) is 0 Å². The number of hydrogen-bond donors (Lipinski definition) is 2. The number of aliphatic hydroxyl groups is 1. The van der Waals surface area contributed by atoms with Gasteiger partial charge < -0.3 is 19.3 Å². The summed E-state index contributed by atoms with van der Waals surface area (Å²) in [5, 5.41) is 9.98. The Morgan fingerprint density at radius 2 is 2.00 bits per heavy atom. The van der Waals surface area contributed by atoms with Crippen LogP contribution in [-0.4, -0.2) is 38.7 Å². The van der Waals surface area contributed by atoms with Crippen molar-refractivity contribution in [3.63, 3.8) is 0 Å². The summed E-state index contributed by atoms with van der Waals surface area (Å²) >= 11 is 4.34. The zero-order chi connectivity index (χ0) is 17.6. The second-order valence-corrected chi connectivity index (χ2v) is 6.69. The van der Waals surface area contributed by atoms with Crippen molar-refractivity contribution in [2.75, 3.05) is 13.1 Å². The number of carbonyl (C=O) groups is 1.